The molecule has 24 heavy (non-hydrogen) atoms. The van der Waals surface area contributed by atoms with Gasteiger partial charge in [-0.25, -0.2) is 0 Å². The van der Waals surface area contributed by atoms with Crippen LogP contribution >= 0.6 is 0 Å². The van der Waals surface area contributed by atoms with Gasteiger partial charge in [-0.15, -0.1) is 0 Å². The normalized spacial score (nSPS) is 23.2. The average Bonchev–Trinajstić information content (AvgIpc) is 2.44. The van der Waals surface area contributed by atoms with Crippen molar-refractivity contribution in [3.05, 3.63) is 0 Å². The van der Waals surface area contributed by atoms with E-state index in [1.807, 2.05) is 0 Å². The molecule has 1 saturated heterocycles. The Hall–Kier alpha value is 0.531. The van der Waals surface area contributed by atoms with Gasteiger partial charge in [0, 0.05) is 0 Å². The van der Waals surface area contributed by atoms with E-state index in [2.05, 4.69) is 83.1 Å². The Morgan fingerprint density at radius 1 is 0.333 bits per heavy atom. The zero-order valence-corrected chi connectivity index (χ0v) is 21.2. The highest BCUT2D eigenvalue weighted by molar-refractivity contribution is 6.97. The van der Waals surface area contributed by atoms with Crippen LogP contribution in [0.15, 0.2) is 0 Å². The molecule has 6 heteroatoms. The zero-order valence-electron chi connectivity index (χ0n) is 18.2. The van der Waals surface area contributed by atoms with Crippen LogP contribution in [-0.2, 0) is 12.3 Å². The van der Waals surface area contributed by atoms with Gasteiger partial charge in [-0.3, -0.25) is 0 Å². The van der Waals surface area contributed by atoms with Crippen LogP contribution in [0, 0.1) is 0 Å². The standard InChI is InChI=1S/C18H42O3Si3/c1-13(2)22(14(3)4)19-23(15(5)6,16(7)8)21-24(20-22,17(9)10)18(11)12/h13-18H,1-12H3. The molecule has 144 valence electrons. The molecule has 0 spiro atoms. The highest BCUT2D eigenvalue weighted by atomic mass is 28.5. The summed E-state index contributed by atoms with van der Waals surface area (Å²) in [6.45, 7) is 27.6. The molecule has 1 rings (SSSR count). The molecule has 0 amide bonds. The van der Waals surface area contributed by atoms with Gasteiger partial charge >= 0.3 is 25.7 Å². The molecule has 1 fully saturated rings. The Labute approximate surface area is 154 Å². The van der Waals surface area contributed by atoms with E-state index < -0.39 is 25.7 Å². The van der Waals surface area contributed by atoms with Crippen molar-refractivity contribution >= 4 is 25.7 Å². The molecule has 0 atom stereocenters. The van der Waals surface area contributed by atoms with Crippen LogP contribution in [0.25, 0.3) is 0 Å². The summed E-state index contributed by atoms with van der Waals surface area (Å²) in [5, 5.41) is 0. The Bertz CT molecular complexity index is 322. The minimum Gasteiger partial charge on any atom is -0.415 e. The van der Waals surface area contributed by atoms with Gasteiger partial charge in [-0.05, 0) is 33.2 Å². The molecule has 1 aliphatic heterocycles. The molecule has 0 radical (unpaired) electrons. The van der Waals surface area contributed by atoms with E-state index in [9.17, 15) is 0 Å². The number of rotatable bonds is 6. The zero-order chi connectivity index (χ0) is 19.1. The second-order valence-corrected chi connectivity index (χ2v) is 23.1. The van der Waals surface area contributed by atoms with E-state index in [1.54, 1.807) is 0 Å². The monoisotopic (exact) mass is 390 g/mol. The van der Waals surface area contributed by atoms with Crippen molar-refractivity contribution in [1.82, 2.24) is 0 Å². The van der Waals surface area contributed by atoms with Gasteiger partial charge in [0.15, 0.2) is 0 Å². The highest BCUT2D eigenvalue weighted by Gasteiger charge is 2.67. The third-order valence-corrected chi connectivity index (χ3v) is 23.1. The maximum Gasteiger partial charge on any atom is 0.325 e. The number of hydrogen-bond acceptors (Lipinski definition) is 3. The Balaban J connectivity index is 3.68. The molecule has 3 nitrogen and oxygen atoms in total. The van der Waals surface area contributed by atoms with Crippen LogP contribution in [0.5, 0.6) is 0 Å². The molecular formula is C18H42O3Si3. The van der Waals surface area contributed by atoms with Crippen LogP contribution < -0.4 is 0 Å². The molecule has 1 aliphatic rings. The van der Waals surface area contributed by atoms with Crippen molar-refractivity contribution in [2.24, 2.45) is 0 Å². The van der Waals surface area contributed by atoms with E-state index in [0.29, 0.717) is 33.2 Å². The third kappa shape index (κ3) is 3.51. The fourth-order valence-corrected chi connectivity index (χ4v) is 27.1. The largest absolute Gasteiger partial charge is 0.415 e. The average molecular weight is 391 g/mol. The van der Waals surface area contributed by atoms with Crippen LogP contribution in [0.3, 0.4) is 0 Å². The molecule has 0 saturated carbocycles. The summed E-state index contributed by atoms with van der Waals surface area (Å²) in [4.78, 5) is 0. The first-order valence-corrected chi connectivity index (χ1v) is 15.8. The summed E-state index contributed by atoms with van der Waals surface area (Å²) in [6, 6.07) is 0. The van der Waals surface area contributed by atoms with E-state index in [0.717, 1.165) is 0 Å². The van der Waals surface area contributed by atoms with Crippen LogP contribution in [0.2, 0.25) is 33.2 Å². The predicted octanol–water partition coefficient (Wildman–Crippen LogP) is 6.84. The fourth-order valence-electron chi connectivity index (χ4n) is 4.22. The molecule has 0 aromatic heterocycles. The van der Waals surface area contributed by atoms with Gasteiger partial charge in [0.05, 0.1) is 0 Å². The van der Waals surface area contributed by atoms with Crippen molar-refractivity contribution in [2.75, 3.05) is 0 Å². The van der Waals surface area contributed by atoms with E-state index in [1.165, 1.54) is 0 Å². The molecule has 0 bridgehead atoms. The van der Waals surface area contributed by atoms with Crippen LogP contribution in [0.4, 0.5) is 0 Å². The first kappa shape index (κ1) is 22.6. The minimum atomic E-state index is -2.36. The second kappa shape index (κ2) is 7.64. The molecule has 1 heterocycles. The highest BCUT2D eigenvalue weighted by Crippen LogP contribution is 2.54. The lowest BCUT2D eigenvalue weighted by molar-refractivity contribution is 0.173. The fraction of sp³-hybridized carbons (Fsp3) is 1.00. The van der Waals surface area contributed by atoms with Crippen molar-refractivity contribution in [2.45, 2.75) is 116 Å². The Kier molecular flexibility index (Phi) is 7.19. The summed E-state index contributed by atoms with van der Waals surface area (Å²) in [6.07, 6.45) is 0. The van der Waals surface area contributed by atoms with Gasteiger partial charge in [0.2, 0.25) is 0 Å². The molecular weight excluding hydrogens is 348 g/mol. The first-order valence-electron chi connectivity index (χ1n) is 9.88. The Morgan fingerprint density at radius 2 is 0.458 bits per heavy atom. The number of hydrogen-bond donors (Lipinski definition) is 0. The van der Waals surface area contributed by atoms with Crippen LogP contribution in [-0.4, -0.2) is 25.7 Å². The van der Waals surface area contributed by atoms with Gasteiger partial charge in [0.1, 0.15) is 0 Å². The van der Waals surface area contributed by atoms with Crippen molar-refractivity contribution in [3.63, 3.8) is 0 Å². The third-order valence-electron chi connectivity index (χ3n) is 5.79. The molecule has 0 aromatic rings. The van der Waals surface area contributed by atoms with Gasteiger partial charge in [0.25, 0.3) is 0 Å². The smallest absolute Gasteiger partial charge is 0.325 e. The lowest BCUT2D eigenvalue weighted by atomic mass is 10.5. The summed E-state index contributed by atoms with van der Waals surface area (Å²) < 4.78 is 21.4. The van der Waals surface area contributed by atoms with Crippen molar-refractivity contribution in [3.8, 4) is 0 Å². The van der Waals surface area contributed by atoms with E-state index in [4.69, 9.17) is 12.3 Å². The second-order valence-electron chi connectivity index (χ2n) is 9.40. The molecule has 0 aromatic carbocycles. The minimum absolute atomic E-state index is 0.440. The Morgan fingerprint density at radius 3 is 0.542 bits per heavy atom. The molecule has 0 unspecified atom stereocenters. The van der Waals surface area contributed by atoms with Crippen molar-refractivity contribution < 1.29 is 12.3 Å². The van der Waals surface area contributed by atoms with E-state index in [-0.39, 0.29) is 0 Å². The van der Waals surface area contributed by atoms with E-state index >= 15 is 0 Å². The topological polar surface area (TPSA) is 27.7 Å². The van der Waals surface area contributed by atoms with Crippen molar-refractivity contribution in [1.29, 1.82) is 0 Å². The first-order chi connectivity index (χ1) is 10.8. The van der Waals surface area contributed by atoms with Gasteiger partial charge in [-0.1, -0.05) is 83.1 Å². The molecule has 0 N–H and O–H groups in total. The quantitative estimate of drug-likeness (QED) is 0.465. The lowest BCUT2D eigenvalue weighted by Crippen LogP contribution is -2.75. The molecule has 0 aliphatic carbocycles. The van der Waals surface area contributed by atoms with Crippen LogP contribution in [0.1, 0.15) is 83.1 Å². The van der Waals surface area contributed by atoms with Gasteiger partial charge < -0.3 is 12.3 Å². The summed E-state index contributed by atoms with van der Waals surface area (Å²) >= 11 is 0. The predicted molar refractivity (Wildman–Crippen MR) is 111 cm³/mol. The van der Waals surface area contributed by atoms with Gasteiger partial charge in [-0.2, -0.15) is 0 Å². The maximum atomic E-state index is 7.13. The summed E-state index contributed by atoms with van der Waals surface area (Å²) in [7, 11) is -7.08. The summed E-state index contributed by atoms with van der Waals surface area (Å²) in [5.41, 5.74) is 2.64. The lowest BCUT2D eigenvalue weighted by Gasteiger charge is -2.60. The maximum absolute atomic E-state index is 7.13. The SMILES string of the molecule is CC(C)[Si]1(C(C)C)O[Si](C(C)C)(C(C)C)O[Si](C(C)C)(C(C)C)O1. The summed E-state index contributed by atoms with van der Waals surface area (Å²) in [5.74, 6) is 0.